The Labute approximate surface area is 126 Å². The van der Waals surface area contributed by atoms with Crippen LogP contribution in [0.4, 0.5) is 4.39 Å². The van der Waals surface area contributed by atoms with Crippen molar-refractivity contribution in [2.45, 2.75) is 6.92 Å². The van der Waals surface area contributed by atoms with E-state index in [-0.39, 0.29) is 5.82 Å². The lowest BCUT2D eigenvalue weighted by Crippen LogP contribution is -1.97. The summed E-state index contributed by atoms with van der Waals surface area (Å²) in [6.07, 6.45) is 7.26. The lowest BCUT2D eigenvalue weighted by Gasteiger charge is -2.07. The average molecular weight is 292 g/mol. The van der Waals surface area contributed by atoms with E-state index in [1.807, 2.05) is 41.2 Å². The van der Waals surface area contributed by atoms with Gasteiger partial charge in [-0.2, -0.15) is 5.10 Å². The van der Waals surface area contributed by atoms with Gasteiger partial charge in [-0.15, -0.1) is 0 Å². The molecule has 0 saturated carbocycles. The Morgan fingerprint density at radius 1 is 1.09 bits per heavy atom. The van der Waals surface area contributed by atoms with Gasteiger partial charge in [0.05, 0.1) is 11.4 Å². The van der Waals surface area contributed by atoms with E-state index >= 15 is 0 Å². The van der Waals surface area contributed by atoms with Crippen LogP contribution in [0.3, 0.4) is 0 Å². The van der Waals surface area contributed by atoms with Gasteiger partial charge in [0.15, 0.2) is 0 Å². The molecule has 0 N–H and O–H groups in total. The third kappa shape index (κ3) is 1.90. The highest BCUT2D eigenvalue weighted by atomic mass is 19.1. The first-order valence-electron chi connectivity index (χ1n) is 6.96. The fraction of sp³-hybridized carbons (Fsp3) is 0.0588. The van der Waals surface area contributed by atoms with E-state index in [1.165, 1.54) is 6.07 Å². The summed E-state index contributed by atoms with van der Waals surface area (Å²) in [7, 11) is 0. The Morgan fingerprint density at radius 3 is 2.82 bits per heavy atom. The smallest absolute Gasteiger partial charge is 0.140 e. The summed E-state index contributed by atoms with van der Waals surface area (Å²) in [6.45, 7) is 1.78. The zero-order valence-corrected chi connectivity index (χ0v) is 11.9. The molecule has 4 rings (SSSR count). The van der Waals surface area contributed by atoms with E-state index in [2.05, 4.69) is 10.1 Å². The van der Waals surface area contributed by atoms with E-state index in [0.717, 1.165) is 22.6 Å². The van der Waals surface area contributed by atoms with E-state index in [1.54, 1.807) is 29.9 Å². The molecule has 22 heavy (non-hydrogen) atoms. The van der Waals surface area contributed by atoms with Crippen molar-refractivity contribution >= 4 is 5.65 Å². The number of fused-ring (bicyclic) bond motifs is 1. The predicted octanol–water partition coefficient (Wildman–Crippen LogP) is 3.63. The van der Waals surface area contributed by atoms with Crippen molar-refractivity contribution in [3.63, 3.8) is 0 Å². The van der Waals surface area contributed by atoms with Gasteiger partial charge in [-0.25, -0.2) is 8.91 Å². The zero-order valence-electron chi connectivity index (χ0n) is 11.9. The lowest BCUT2D eigenvalue weighted by molar-refractivity contribution is 0.617. The number of hydrogen-bond acceptors (Lipinski definition) is 2. The van der Waals surface area contributed by atoms with Gasteiger partial charge in [-0.1, -0.05) is 6.07 Å². The maximum absolute atomic E-state index is 13.8. The normalized spacial score (nSPS) is 11.2. The highest BCUT2D eigenvalue weighted by Crippen LogP contribution is 2.23. The highest BCUT2D eigenvalue weighted by molar-refractivity contribution is 5.65. The molecular formula is C17H13FN4. The number of nitrogens with zero attached hydrogens (tertiary/aromatic N) is 4. The van der Waals surface area contributed by atoms with Gasteiger partial charge in [0, 0.05) is 42.0 Å². The van der Waals surface area contributed by atoms with Gasteiger partial charge in [-0.3, -0.25) is 9.55 Å². The van der Waals surface area contributed by atoms with E-state index in [4.69, 9.17) is 0 Å². The summed E-state index contributed by atoms with van der Waals surface area (Å²) in [6, 6.07) is 10.9. The van der Waals surface area contributed by atoms with Crippen molar-refractivity contribution in [1.29, 1.82) is 0 Å². The number of benzene rings is 1. The van der Waals surface area contributed by atoms with Gasteiger partial charge in [0.1, 0.15) is 11.5 Å². The topological polar surface area (TPSA) is 35.1 Å². The second-order valence-electron chi connectivity index (χ2n) is 5.13. The second kappa shape index (κ2) is 4.80. The van der Waals surface area contributed by atoms with Crippen LogP contribution in [0.2, 0.25) is 0 Å². The standard InChI is InChI=1S/C17H13FN4/c1-12-14(18)5-2-6-16(12)21-8-9-22-17(21)10-15(20-22)13-4-3-7-19-11-13/h2-11H,1H3. The van der Waals surface area contributed by atoms with Crippen LogP contribution in [-0.4, -0.2) is 19.2 Å². The predicted molar refractivity (Wildman–Crippen MR) is 82.4 cm³/mol. The fourth-order valence-electron chi connectivity index (χ4n) is 2.60. The van der Waals surface area contributed by atoms with Crippen molar-refractivity contribution in [2.24, 2.45) is 0 Å². The molecule has 0 bridgehead atoms. The minimum atomic E-state index is -0.212. The number of hydrogen-bond donors (Lipinski definition) is 0. The summed E-state index contributed by atoms with van der Waals surface area (Å²) in [5.74, 6) is -0.212. The molecule has 3 aromatic heterocycles. The Bertz CT molecular complexity index is 953. The number of rotatable bonds is 2. The molecule has 0 atom stereocenters. The van der Waals surface area contributed by atoms with Crippen molar-refractivity contribution in [3.8, 4) is 16.9 Å². The van der Waals surface area contributed by atoms with Crippen LogP contribution in [0.1, 0.15) is 5.56 Å². The molecule has 0 aliphatic heterocycles. The van der Waals surface area contributed by atoms with Crippen LogP contribution in [-0.2, 0) is 0 Å². The molecule has 1 aromatic carbocycles. The van der Waals surface area contributed by atoms with Crippen LogP contribution in [0.25, 0.3) is 22.6 Å². The molecule has 0 unspecified atom stereocenters. The van der Waals surface area contributed by atoms with Crippen molar-refractivity contribution in [1.82, 2.24) is 19.2 Å². The van der Waals surface area contributed by atoms with Gasteiger partial charge in [0.2, 0.25) is 0 Å². The number of aromatic nitrogens is 4. The summed E-state index contributed by atoms with van der Waals surface area (Å²) < 4.78 is 17.5. The third-order valence-corrected chi connectivity index (χ3v) is 3.78. The fourth-order valence-corrected chi connectivity index (χ4v) is 2.60. The van der Waals surface area contributed by atoms with Crippen molar-refractivity contribution < 1.29 is 4.39 Å². The summed E-state index contributed by atoms with van der Waals surface area (Å²) in [5, 5.41) is 4.54. The Balaban J connectivity index is 1.90. The first kappa shape index (κ1) is 12.8. The second-order valence-corrected chi connectivity index (χ2v) is 5.13. The number of imidazole rings is 1. The first-order valence-corrected chi connectivity index (χ1v) is 6.96. The summed E-state index contributed by atoms with van der Waals surface area (Å²) in [5.41, 5.74) is 4.10. The van der Waals surface area contributed by atoms with Crippen LogP contribution in [0, 0.1) is 12.7 Å². The summed E-state index contributed by atoms with van der Waals surface area (Å²) >= 11 is 0. The minimum absolute atomic E-state index is 0.212. The van der Waals surface area contributed by atoms with Crippen LogP contribution in [0.15, 0.2) is 61.2 Å². The Hall–Kier alpha value is -2.95. The molecule has 0 aliphatic rings. The Kier molecular flexibility index (Phi) is 2.79. The lowest BCUT2D eigenvalue weighted by atomic mass is 10.2. The molecule has 0 aliphatic carbocycles. The molecule has 4 aromatic rings. The molecule has 0 spiro atoms. The molecule has 0 fully saturated rings. The maximum Gasteiger partial charge on any atom is 0.140 e. The van der Waals surface area contributed by atoms with E-state index in [9.17, 15) is 4.39 Å². The first-order chi connectivity index (χ1) is 10.7. The van der Waals surface area contributed by atoms with Gasteiger partial charge < -0.3 is 0 Å². The SMILES string of the molecule is Cc1c(F)cccc1-n1ccn2nc(-c3cccnc3)cc12. The third-order valence-electron chi connectivity index (χ3n) is 3.78. The van der Waals surface area contributed by atoms with Crippen LogP contribution >= 0.6 is 0 Å². The van der Waals surface area contributed by atoms with Gasteiger partial charge in [-0.05, 0) is 31.2 Å². The molecule has 3 heterocycles. The molecule has 0 saturated heterocycles. The van der Waals surface area contributed by atoms with Crippen molar-refractivity contribution in [3.05, 3.63) is 72.6 Å². The molecule has 108 valence electrons. The quantitative estimate of drug-likeness (QED) is 0.565. The maximum atomic E-state index is 13.8. The average Bonchev–Trinajstić information content (AvgIpc) is 3.12. The molecule has 0 radical (unpaired) electrons. The minimum Gasteiger partial charge on any atom is -0.300 e. The summed E-state index contributed by atoms with van der Waals surface area (Å²) in [4.78, 5) is 4.12. The van der Waals surface area contributed by atoms with Crippen LogP contribution in [0.5, 0.6) is 0 Å². The largest absolute Gasteiger partial charge is 0.300 e. The zero-order chi connectivity index (χ0) is 15.1. The van der Waals surface area contributed by atoms with Crippen LogP contribution < -0.4 is 0 Å². The van der Waals surface area contributed by atoms with Gasteiger partial charge >= 0.3 is 0 Å². The molecule has 0 amide bonds. The molecular weight excluding hydrogens is 279 g/mol. The monoisotopic (exact) mass is 292 g/mol. The highest BCUT2D eigenvalue weighted by Gasteiger charge is 2.12. The van der Waals surface area contributed by atoms with E-state index < -0.39 is 0 Å². The van der Waals surface area contributed by atoms with Gasteiger partial charge in [0.25, 0.3) is 0 Å². The molecule has 5 heteroatoms. The van der Waals surface area contributed by atoms with E-state index in [0.29, 0.717) is 5.56 Å². The number of pyridine rings is 1. The van der Waals surface area contributed by atoms with Crippen molar-refractivity contribution in [2.75, 3.05) is 0 Å². The number of halogens is 1. The molecule has 4 nitrogen and oxygen atoms in total. The Morgan fingerprint density at radius 2 is 2.00 bits per heavy atom.